The number of aryl methyl sites for hydroxylation is 3. The van der Waals surface area contributed by atoms with Gasteiger partial charge in [0.15, 0.2) is 0 Å². The number of carbonyl (C=O) groups excluding carboxylic acids is 1. The molecule has 160 valence electrons. The second-order valence-electron chi connectivity index (χ2n) is 8.55. The molecule has 4 heteroatoms. The Bertz CT molecular complexity index is 896. The highest BCUT2D eigenvalue weighted by Gasteiger charge is 2.30. The molecule has 3 rings (SSSR count). The van der Waals surface area contributed by atoms with Gasteiger partial charge in [-0.15, -0.1) is 0 Å². The number of nitrogens with zero attached hydrogens (tertiary/aromatic N) is 2. The summed E-state index contributed by atoms with van der Waals surface area (Å²) in [6, 6.07) is 12.3. The lowest BCUT2D eigenvalue weighted by Gasteiger charge is -2.25. The summed E-state index contributed by atoms with van der Waals surface area (Å²) in [6.45, 7) is 9.00. The molecule has 1 aliphatic carbocycles. The fourth-order valence-electron chi connectivity index (χ4n) is 4.03. The van der Waals surface area contributed by atoms with Crippen LogP contribution in [0.3, 0.4) is 0 Å². The summed E-state index contributed by atoms with van der Waals surface area (Å²) in [4.78, 5) is 19.8. The summed E-state index contributed by atoms with van der Waals surface area (Å²) in [5, 5.41) is 0. The third-order valence-corrected chi connectivity index (χ3v) is 6.12. The molecule has 0 aliphatic heterocycles. The highest BCUT2D eigenvalue weighted by atomic mass is 16.5. The summed E-state index contributed by atoms with van der Waals surface area (Å²) in [6.07, 6.45) is 6.29. The first kappa shape index (κ1) is 22.1. The molecule has 1 fully saturated rings. The van der Waals surface area contributed by atoms with Crippen molar-refractivity contribution in [1.82, 2.24) is 4.90 Å². The molecule has 4 nitrogen and oxygen atoms in total. The zero-order chi connectivity index (χ0) is 21.7. The third kappa shape index (κ3) is 5.29. The quantitative estimate of drug-likeness (QED) is 0.307. The zero-order valence-electron chi connectivity index (χ0n) is 18.9. The Morgan fingerprint density at radius 2 is 1.80 bits per heavy atom. The number of hydrogen-bond donors (Lipinski definition) is 0. The Balaban J connectivity index is 1.84. The monoisotopic (exact) mass is 406 g/mol. The summed E-state index contributed by atoms with van der Waals surface area (Å²) in [5.74, 6) is 0.154. The Kier molecular flexibility index (Phi) is 7.30. The van der Waals surface area contributed by atoms with Crippen LogP contribution in [0.25, 0.3) is 0 Å². The molecule has 0 bridgehead atoms. The standard InChI is InChI=1S/C26H34N2O2/c1-6-28(5)17-27-24-16-19(3)23(15-20(24)4)26(29)30-25(21-9-7-8-10-21)22-13-11-18(2)12-14-22/h11-17,21,25H,6-10H2,1-5H3. The fourth-order valence-corrected chi connectivity index (χ4v) is 4.03. The maximum absolute atomic E-state index is 13.2. The van der Waals surface area contributed by atoms with E-state index in [1.807, 2.05) is 44.3 Å². The number of rotatable bonds is 7. The van der Waals surface area contributed by atoms with Gasteiger partial charge >= 0.3 is 5.97 Å². The van der Waals surface area contributed by atoms with Crippen LogP contribution in [0.2, 0.25) is 0 Å². The van der Waals surface area contributed by atoms with Gasteiger partial charge in [0.25, 0.3) is 0 Å². The minimum Gasteiger partial charge on any atom is -0.454 e. The molecular weight excluding hydrogens is 372 g/mol. The molecule has 2 aromatic rings. The molecule has 1 atom stereocenters. The molecule has 0 N–H and O–H groups in total. The van der Waals surface area contributed by atoms with E-state index < -0.39 is 0 Å². The van der Waals surface area contributed by atoms with Crippen molar-refractivity contribution in [3.63, 3.8) is 0 Å². The van der Waals surface area contributed by atoms with Gasteiger partial charge in [0.05, 0.1) is 17.6 Å². The van der Waals surface area contributed by atoms with Crippen LogP contribution in [-0.2, 0) is 4.74 Å². The van der Waals surface area contributed by atoms with Gasteiger partial charge in [0.1, 0.15) is 6.10 Å². The number of benzene rings is 2. The summed E-state index contributed by atoms with van der Waals surface area (Å²) >= 11 is 0. The zero-order valence-corrected chi connectivity index (χ0v) is 18.9. The number of hydrogen-bond acceptors (Lipinski definition) is 3. The number of esters is 1. The van der Waals surface area contributed by atoms with Crippen LogP contribution in [0.5, 0.6) is 0 Å². The molecular formula is C26H34N2O2. The Morgan fingerprint density at radius 3 is 2.43 bits per heavy atom. The first-order valence-corrected chi connectivity index (χ1v) is 11.0. The van der Waals surface area contributed by atoms with Gasteiger partial charge in [0.2, 0.25) is 0 Å². The van der Waals surface area contributed by atoms with Crippen molar-refractivity contribution in [2.75, 3.05) is 13.6 Å². The van der Waals surface area contributed by atoms with Gasteiger partial charge in [0, 0.05) is 19.5 Å². The highest BCUT2D eigenvalue weighted by Crippen LogP contribution is 2.39. The van der Waals surface area contributed by atoms with Crippen molar-refractivity contribution in [3.8, 4) is 0 Å². The van der Waals surface area contributed by atoms with Gasteiger partial charge in [-0.05, 0) is 69.4 Å². The number of ether oxygens (including phenoxy) is 1. The van der Waals surface area contributed by atoms with E-state index in [1.54, 1.807) is 0 Å². The van der Waals surface area contributed by atoms with E-state index in [1.165, 1.54) is 18.4 Å². The van der Waals surface area contributed by atoms with E-state index in [0.717, 1.165) is 41.8 Å². The lowest BCUT2D eigenvalue weighted by Crippen LogP contribution is -2.19. The van der Waals surface area contributed by atoms with Gasteiger partial charge in [-0.2, -0.15) is 0 Å². The minimum absolute atomic E-state index is 0.184. The normalized spacial score (nSPS) is 15.5. The smallest absolute Gasteiger partial charge is 0.339 e. The molecule has 1 aliphatic rings. The van der Waals surface area contributed by atoms with Gasteiger partial charge in [-0.1, -0.05) is 42.7 Å². The van der Waals surface area contributed by atoms with Crippen molar-refractivity contribution in [3.05, 3.63) is 64.2 Å². The average Bonchev–Trinajstić information content (AvgIpc) is 3.27. The first-order valence-electron chi connectivity index (χ1n) is 11.0. The molecule has 0 saturated heterocycles. The van der Waals surface area contributed by atoms with Gasteiger partial charge in [-0.25, -0.2) is 9.79 Å². The summed E-state index contributed by atoms with van der Waals surface area (Å²) in [7, 11) is 1.99. The van der Waals surface area contributed by atoms with Crippen molar-refractivity contribution in [2.45, 2.75) is 59.5 Å². The van der Waals surface area contributed by atoms with Crippen molar-refractivity contribution in [2.24, 2.45) is 10.9 Å². The highest BCUT2D eigenvalue weighted by molar-refractivity contribution is 5.92. The van der Waals surface area contributed by atoms with Crippen molar-refractivity contribution < 1.29 is 9.53 Å². The SMILES string of the molecule is CCN(C)C=Nc1cc(C)c(C(=O)OC(c2ccc(C)cc2)C2CCCC2)cc1C. The maximum Gasteiger partial charge on any atom is 0.339 e. The molecule has 0 amide bonds. The third-order valence-electron chi connectivity index (χ3n) is 6.12. The van der Waals surface area contributed by atoms with Crippen LogP contribution in [0.1, 0.15) is 71.3 Å². The van der Waals surface area contributed by atoms with E-state index in [4.69, 9.17) is 4.74 Å². The predicted octanol–water partition coefficient (Wildman–Crippen LogP) is 6.31. The van der Waals surface area contributed by atoms with E-state index in [9.17, 15) is 4.79 Å². The van der Waals surface area contributed by atoms with Crippen LogP contribution in [0.4, 0.5) is 5.69 Å². The van der Waals surface area contributed by atoms with Crippen LogP contribution in [0.15, 0.2) is 41.4 Å². The molecule has 0 heterocycles. The molecule has 0 spiro atoms. The molecule has 2 aromatic carbocycles. The molecule has 0 aromatic heterocycles. The second kappa shape index (κ2) is 9.92. The van der Waals surface area contributed by atoms with Crippen molar-refractivity contribution >= 4 is 18.0 Å². The van der Waals surface area contributed by atoms with Gasteiger partial charge < -0.3 is 9.64 Å². The largest absolute Gasteiger partial charge is 0.454 e. The average molecular weight is 407 g/mol. The van der Waals surface area contributed by atoms with Gasteiger partial charge in [-0.3, -0.25) is 0 Å². The maximum atomic E-state index is 13.2. The number of aliphatic imine (C=N–C) groups is 1. The van der Waals surface area contributed by atoms with Crippen LogP contribution in [-0.4, -0.2) is 30.8 Å². The second-order valence-corrected chi connectivity index (χ2v) is 8.55. The lowest BCUT2D eigenvalue weighted by molar-refractivity contribution is 0.0136. The summed E-state index contributed by atoms with van der Waals surface area (Å²) < 4.78 is 6.15. The Morgan fingerprint density at radius 1 is 1.13 bits per heavy atom. The molecule has 1 saturated carbocycles. The Labute approximate surface area is 181 Å². The van der Waals surface area contributed by atoms with Crippen LogP contribution < -0.4 is 0 Å². The Hall–Kier alpha value is -2.62. The van der Waals surface area contributed by atoms with Crippen LogP contribution in [0, 0.1) is 26.7 Å². The fraction of sp³-hybridized carbons (Fsp3) is 0.462. The van der Waals surface area contributed by atoms with E-state index in [0.29, 0.717) is 11.5 Å². The molecule has 30 heavy (non-hydrogen) atoms. The predicted molar refractivity (Wildman–Crippen MR) is 124 cm³/mol. The van der Waals surface area contributed by atoms with Crippen molar-refractivity contribution in [1.29, 1.82) is 0 Å². The topological polar surface area (TPSA) is 41.9 Å². The van der Waals surface area contributed by atoms with E-state index in [-0.39, 0.29) is 12.1 Å². The molecule has 1 unspecified atom stereocenters. The number of carbonyl (C=O) groups is 1. The molecule has 0 radical (unpaired) electrons. The lowest BCUT2D eigenvalue weighted by atomic mass is 9.93. The summed E-state index contributed by atoms with van der Waals surface area (Å²) in [5.41, 5.74) is 5.69. The van der Waals surface area contributed by atoms with Crippen LogP contribution >= 0.6 is 0 Å². The van der Waals surface area contributed by atoms with E-state index >= 15 is 0 Å². The minimum atomic E-state index is -0.241. The first-order chi connectivity index (χ1) is 14.4. The van der Waals surface area contributed by atoms with E-state index in [2.05, 4.69) is 43.1 Å².